The van der Waals surface area contributed by atoms with Crippen molar-refractivity contribution in [1.29, 1.82) is 0 Å². The normalized spacial score (nSPS) is 11.8. The number of rotatable bonds is 5. The van der Waals surface area contributed by atoms with Crippen LogP contribution in [0.15, 0.2) is 42.5 Å². The Morgan fingerprint density at radius 3 is 2.71 bits per heavy atom. The monoisotopic (exact) mass is 363 g/mol. The highest BCUT2D eigenvalue weighted by Crippen LogP contribution is 2.35. The van der Waals surface area contributed by atoms with Gasteiger partial charge in [-0.3, -0.25) is 4.79 Å². The fourth-order valence-electron chi connectivity index (χ4n) is 2.04. The molecule has 0 aliphatic heterocycles. The van der Waals surface area contributed by atoms with Gasteiger partial charge in [0.25, 0.3) is 0 Å². The Kier molecular flexibility index (Phi) is 4.92. The minimum atomic E-state index is -0.961. The van der Waals surface area contributed by atoms with E-state index in [0.29, 0.717) is 15.5 Å². The zero-order valence-electron chi connectivity index (χ0n) is 12.2. The van der Waals surface area contributed by atoms with Gasteiger partial charge in [0.1, 0.15) is 5.01 Å². The highest BCUT2D eigenvalue weighted by Gasteiger charge is 2.12. The summed E-state index contributed by atoms with van der Waals surface area (Å²) in [7, 11) is 0. The van der Waals surface area contributed by atoms with E-state index in [2.05, 4.69) is 4.98 Å². The van der Waals surface area contributed by atoms with Crippen LogP contribution in [0.4, 0.5) is 8.78 Å². The Morgan fingerprint density at radius 1 is 1.21 bits per heavy atom. The van der Waals surface area contributed by atoms with Crippen molar-refractivity contribution in [2.75, 3.05) is 5.75 Å². The molecule has 0 radical (unpaired) electrons. The van der Waals surface area contributed by atoms with Crippen LogP contribution < -0.4 is 0 Å². The molecule has 3 aromatic rings. The average Bonchev–Trinajstić information content (AvgIpc) is 2.98. The fourth-order valence-corrected chi connectivity index (χ4v) is 3.88. The van der Waals surface area contributed by atoms with Gasteiger partial charge < -0.3 is 5.11 Å². The van der Waals surface area contributed by atoms with Crippen LogP contribution in [-0.2, 0) is 4.79 Å². The smallest absolute Gasteiger partial charge is 0.313 e. The number of carbonyl (C=O) groups is 1. The molecule has 0 bridgehead atoms. The maximum atomic E-state index is 13.4. The SMILES string of the molecule is O=C(O)CS/C(=C/c1ccc(F)c(F)c1)c1nc2ccccc2s1. The lowest BCUT2D eigenvalue weighted by Crippen LogP contribution is -1.98. The fraction of sp³-hybridized carbons (Fsp3) is 0.0588. The molecule has 3 nitrogen and oxygen atoms in total. The van der Waals surface area contributed by atoms with E-state index in [1.807, 2.05) is 24.3 Å². The zero-order chi connectivity index (χ0) is 17.1. The highest BCUT2D eigenvalue weighted by atomic mass is 32.2. The number of hydrogen-bond acceptors (Lipinski definition) is 4. The maximum absolute atomic E-state index is 13.4. The molecule has 1 N–H and O–H groups in total. The summed E-state index contributed by atoms with van der Waals surface area (Å²) in [4.78, 5) is 16.0. The van der Waals surface area contributed by atoms with Crippen molar-refractivity contribution in [1.82, 2.24) is 4.98 Å². The van der Waals surface area contributed by atoms with E-state index in [1.54, 1.807) is 6.08 Å². The molecule has 0 aliphatic rings. The number of benzene rings is 2. The molecule has 0 saturated heterocycles. The number of para-hydroxylation sites is 1. The Balaban J connectivity index is 2.02. The summed E-state index contributed by atoms with van der Waals surface area (Å²) < 4.78 is 27.4. The lowest BCUT2D eigenvalue weighted by molar-refractivity contribution is -0.133. The quantitative estimate of drug-likeness (QED) is 0.701. The van der Waals surface area contributed by atoms with Gasteiger partial charge in [0, 0.05) is 4.91 Å². The van der Waals surface area contributed by atoms with Crippen LogP contribution in [0.2, 0.25) is 0 Å². The molecule has 2 aromatic carbocycles. The number of carboxylic acids is 1. The van der Waals surface area contributed by atoms with Crippen molar-refractivity contribution >= 4 is 50.3 Å². The second-order valence-electron chi connectivity index (χ2n) is 4.85. The number of nitrogens with zero attached hydrogens (tertiary/aromatic N) is 1. The number of hydrogen-bond donors (Lipinski definition) is 1. The molecule has 0 aliphatic carbocycles. The third-order valence-electron chi connectivity index (χ3n) is 3.10. The predicted octanol–water partition coefficient (Wildman–Crippen LogP) is 4.89. The molecule has 1 aromatic heterocycles. The third kappa shape index (κ3) is 3.80. The number of aromatic nitrogens is 1. The first-order valence-corrected chi connectivity index (χ1v) is 8.70. The molecule has 24 heavy (non-hydrogen) atoms. The second kappa shape index (κ2) is 7.11. The first-order chi connectivity index (χ1) is 11.5. The summed E-state index contributed by atoms with van der Waals surface area (Å²) in [5, 5.41) is 9.57. The number of halogens is 2. The molecule has 0 saturated carbocycles. The molecule has 0 spiro atoms. The van der Waals surface area contributed by atoms with Crippen LogP contribution >= 0.6 is 23.1 Å². The number of aliphatic carboxylic acids is 1. The van der Waals surface area contributed by atoms with E-state index in [4.69, 9.17) is 5.11 Å². The van der Waals surface area contributed by atoms with E-state index in [-0.39, 0.29) is 5.75 Å². The van der Waals surface area contributed by atoms with E-state index >= 15 is 0 Å². The highest BCUT2D eigenvalue weighted by molar-refractivity contribution is 8.09. The average molecular weight is 363 g/mol. The largest absolute Gasteiger partial charge is 0.481 e. The lowest BCUT2D eigenvalue weighted by Gasteiger charge is -2.03. The first-order valence-electron chi connectivity index (χ1n) is 6.90. The Hall–Kier alpha value is -2.25. The molecule has 0 unspecified atom stereocenters. The van der Waals surface area contributed by atoms with Gasteiger partial charge in [-0.15, -0.1) is 23.1 Å². The van der Waals surface area contributed by atoms with Crippen molar-refractivity contribution in [3.63, 3.8) is 0 Å². The number of fused-ring (bicyclic) bond motifs is 1. The Bertz CT molecular complexity index is 904. The van der Waals surface area contributed by atoms with Gasteiger partial charge in [0.15, 0.2) is 11.6 Å². The van der Waals surface area contributed by atoms with Gasteiger partial charge in [0.2, 0.25) is 0 Å². The van der Waals surface area contributed by atoms with Crippen LogP contribution in [0.3, 0.4) is 0 Å². The van der Waals surface area contributed by atoms with Crippen molar-refractivity contribution < 1.29 is 18.7 Å². The molecule has 1 heterocycles. The van der Waals surface area contributed by atoms with Gasteiger partial charge in [-0.25, -0.2) is 13.8 Å². The van der Waals surface area contributed by atoms with Crippen LogP contribution in [-0.4, -0.2) is 21.8 Å². The van der Waals surface area contributed by atoms with Gasteiger partial charge in [-0.05, 0) is 35.9 Å². The molecule has 122 valence electrons. The maximum Gasteiger partial charge on any atom is 0.313 e. The molecule has 0 atom stereocenters. The predicted molar refractivity (Wildman–Crippen MR) is 93.9 cm³/mol. The van der Waals surface area contributed by atoms with Gasteiger partial charge in [-0.2, -0.15) is 0 Å². The van der Waals surface area contributed by atoms with E-state index < -0.39 is 17.6 Å². The van der Waals surface area contributed by atoms with E-state index in [1.165, 1.54) is 17.4 Å². The van der Waals surface area contributed by atoms with E-state index in [0.717, 1.165) is 34.1 Å². The summed E-state index contributed by atoms with van der Waals surface area (Å²) in [5.74, 6) is -2.98. The minimum Gasteiger partial charge on any atom is -0.481 e. The number of thiazole rings is 1. The summed E-state index contributed by atoms with van der Waals surface area (Å²) in [6, 6.07) is 11.1. The molecular weight excluding hydrogens is 352 g/mol. The van der Waals surface area contributed by atoms with Crippen LogP contribution in [0.25, 0.3) is 21.2 Å². The molecular formula is C17H11F2NO2S2. The third-order valence-corrected chi connectivity index (χ3v) is 5.31. The summed E-state index contributed by atoms with van der Waals surface area (Å²) in [6.07, 6.45) is 1.62. The Labute approximate surface area is 144 Å². The van der Waals surface area contributed by atoms with E-state index in [9.17, 15) is 13.6 Å². The van der Waals surface area contributed by atoms with Crippen molar-refractivity contribution in [3.8, 4) is 0 Å². The summed E-state index contributed by atoms with van der Waals surface area (Å²) >= 11 is 2.52. The molecule has 7 heteroatoms. The minimum absolute atomic E-state index is 0.147. The van der Waals surface area contributed by atoms with Crippen molar-refractivity contribution in [2.24, 2.45) is 0 Å². The lowest BCUT2D eigenvalue weighted by atomic mass is 10.2. The Morgan fingerprint density at radius 2 is 2.00 bits per heavy atom. The van der Waals surface area contributed by atoms with Crippen LogP contribution in [0.1, 0.15) is 10.6 Å². The topological polar surface area (TPSA) is 50.2 Å². The zero-order valence-corrected chi connectivity index (χ0v) is 13.8. The standard InChI is InChI=1S/C17H11F2NO2S2/c18-11-6-5-10(7-12(11)19)8-15(23-9-16(21)22)17-20-13-3-1-2-4-14(13)24-17/h1-8H,9H2,(H,21,22)/b15-8+. The summed E-state index contributed by atoms with van der Waals surface area (Å²) in [6.45, 7) is 0. The number of carboxylic acid groups (broad SMARTS) is 1. The molecule has 0 amide bonds. The molecule has 0 fully saturated rings. The second-order valence-corrected chi connectivity index (χ2v) is 6.90. The number of thioether (sulfide) groups is 1. The molecule has 3 rings (SSSR count). The van der Waals surface area contributed by atoms with Crippen LogP contribution in [0.5, 0.6) is 0 Å². The van der Waals surface area contributed by atoms with Gasteiger partial charge >= 0.3 is 5.97 Å². The van der Waals surface area contributed by atoms with Gasteiger partial charge in [0.05, 0.1) is 16.0 Å². The van der Waals surface area contributed by atoms with Crippen molar-refractivity contribution in [3.05, 3.63) is 64.7 Å². The van der Waals surface area contributed by atoms with Gasteiger partial charge in [-0.1, -0.05) is 18.2 Å². The summed E-state index contributed by atoms with van der Waals surface area (Å²) in [5.41, 5.74) is 1.26. The first kappa shape index (κ1) is 16.6. The van der Waals surface area contributed by atoms with Crippen LogP contribution in [0, 0.1) is 11.6 Å². The van der Waals surface area contributed by atoms with Crippen molar-refractivity contribution in [2.45, 2.75) is 0 Å².